The zero-order valence-corrected chi connectivity index (χ0v) is 11.2. The summed E-state index contributed by atoms with van der Waals surface area (Å²) in [5.41, 5.74) is 6.91. The quantitative estimate of drug-likeness (QED) is 0.863. The Labute approximate surface area is 113 Å². The standard InChI is InChI=1S/C14H19N3O2/c1-11(15)13-4-3-12(18-2)9-14(13)19-8-7-17-6-5-16-10-17/h3-6,9-11H,7-8,15H2,1-2H3/t11-/m1/s1. The summed E-state index contributed by atoms with van der Waals surface area (Å²) < 4.78 is 13.0. The van der Waals surface area contributed by atoms with Gasteiger partial charge in [-0.3, -0.25) is 0 Å². The van der Waals surface area contributed by atoms with E-state index < -0.39 is 0 Å². The van der Waals surface area contributed by atoms with Crippen LogP contribution in [0.1, 0.15) is 18.5 Å². The van der Waals surface area contributed by atoms with Gasteiger partial charge in [0.25, 0.3) is 0 Å². The number of methoxy groups -OCH3 is 1. The Hall–Kier alpha value is -2.01. The molecule has 0 radical (unpaired) electrons. The number of nitrogens with two attached hydrogens (primary N) is 1. The summed E-state index contributed by atoms with van der Waals surface area (Å²) in [6.07, 6.45) is 5.42. The van der Waals surface area contributed by atoms with E-state index >= 15 is 0 Å². The highest BCUT2D eigenvalue weighted by Gasteiger charge is 2.09. The van der Waals surface area contributed by atoms with Crippen LogP contribution in [-0.4, -0.2) is 23.3 Å². The highest BCUT2D eigenvalue weighted by atomic mass is 16.5. The maximum absolute atomic E-state index is 5.94. The van der Waals surface area contributed by atoms with Crippen molar-refractivity contribution in [2.45, 2.75) is 19.5 Å². The fraction of sp³-hybridized carbons (Fsp3) is 0.357. The molecule has 5 nitrogen and oxygen atoms in total. The summed E-state index contributed by atoms with van der Waals surface area (Å²) >= 11 is 0. The highest BCUT2D eigenvalue weighted by molar-refractivity contribution is 5.42. The smallest absolute Gasteiger partial charge is 0.127 e. The number of nitrogens with zero attached hydrogens (tertiary/aromatic N) is 2. The Kier molecular flexibility index (Phi) is 4.41. The zero-order valence-electron chi connectivity index (χ0n) is 11.2. The van der Waals surface area contributed by atoms with E-state index in [-0.39, 0.29) is 6.04 Å². The summed E-state index contributed by atoms with van der Waals surface area (Å²) in [6.45, 7) is 3.24. The van der Waals surface area contributed by atoms with E-state index in [9.17, 15) is 0 Å². The maximum atomic E-state index is 5.94. The predicted molar refractivity (Wildman–Crippen MR) is 73.3 cm³/mol. The molecule has 0 fully saturated rings. The average molecular weight is 261 g/mol. The zero-order chi connectivity index (χ0) is 13.7. The molecule has 0 aliphatic heterocycles. The van der Waals surface area contributed by atoms with Crippen LogP contribution in [0.25, 0.3) is 0 Å². The van der Waals surface area contributed by atoms with E-state index in [1.165, 1.54) is 0 Å². The van der Waals surface area contributed by atoms with Crippen LogP contribution in [-0.2, 0) is 6.54 Å². The van der Waals surface area contributed by atoms with Gasteiger partial charge >= 0.3 is 0 Å². The van der Waals surface area contributed by atoms with Crippen LogP contribution in [0, 0.1) is 0 Å². The Balaban J connectivity index is 2.04. The molecule has 5 heteroatoms. The van der Waals surface area contributed by atoms with Crippen LogP contribution in [0.2, 0.25) is 0 Å². The molecular weight excluding hydrogens is 242 g/mol. The van der Waals surface area contributed by atoms with Crippen molar-refractivity contribution < 1.29 is 9.47 Å². The number of ether oxygens (including phenoxy) is 2. The normalized spacial score (nSPS) is 12.2. The van der Waals surface area contributed by atoms with Gasteiger partial charge in [-0.1, -0.05) is 6.07 Å². The van der Waals surface area contributed by atoms with E-state index in [0.29, 0.717) is 6.61 Å². The third kappa shape index (κ3) is 3.48. The van der Waals surface area contributed by atoms with Gasteiger partial charge in [0, 0.05) is 30.1 Å². The molecular formula is C14H19N3O2. The summed E-state index contributed by atoms with van der Waals surface area (Å²) in [5, 5.41) is 0. The minimum Gasteiger partial charge on any atom is -0.497 e. The van der Waals surface area contributed by atoms with E-state index in [2.05, 4.69) is 4.98 Å². The number of hydrogen-bond acceptors (Lipinski definition) is 4. The lowest BCUT2D eigenvalue weighted by molar-refractivity contribution is 0.292. The van der Waals surface area contributed by atoms with Gasteiger partial charge in [-0.05, 0) is 13.0 Å². The van der Waals surface area contributed by atoms with Gasteiger partial charge in [-0.25, -0.2) is 4.98 Å². The van der Waals surface area contributed by atoms with Gasteiger partial charge in [-0.2, -0.15) is 0 Å². The number of aromatic nitrogens is 2. The molecule has 0 bridgehead atoms. The summed E-state index contributed by atoms with van der Waals surface area (Å²) in [5.74, 6) is 1.54. The van der Waals surface area contributed by atoms with Crippen molar-refractivity contribution in [1.29, 1.82) is 0 Å². The van der Waals surface area contributed by atoms with Crippen LogP contribution in [0.3, 0.4) is 0 Å². The fourth-order valence-electron chi connectivity index (χ4n) is 1.82. The molecule has 0 saturated carbocycles. The average Bonchev–Trinajstić information content (AvgIpc) is 2.91. The molecule has 0 amide bonds. The van der Waals surface area contributed by atoms with Crippen LogP contribution >= 0.6 is 0 Å². The van der Waals surface area contributed by atoms with Crippen LogP contribution in [0.4, 0.5) is 0 Å². The third-order valence-corrected chi connectivity index (χ3v) is 2.88. The first-order valence-electron chi connectivity index (χ1n) is 6.22. The molecule has 102 valence electrons. The Morgan fingerprint density at radius 1 is 1.42 bits per heavy atom. The molecule has 19 heavy (non-hydrogen) atoms. The summed E-state index contributed by atoms with van der Waals surface area (Å²) in [7, 11) is 1.64. The molecule has 1 aromatic carbocycles. The minimum absolute atomic E-state index is 0.0749. The second-order valence-electron chi connectivity index (χ2n) is 4.34. The lowest BCUT2D eigenvalue weighted by atomic mass is 10.1. The Morgan fingerprint density at radius 3 is 2.89 bits per heavy atom. The topological polar surface area (TPSA) is 62.3 Å². The van der Waals surface area contributed by atoms with Gasteiger partial charge in [0.05, 0.1) is 20.0 Å². The van der Waals surface area contributed by atoms with Crippen LogP contribution < -0.4 is 15.2 Å². The van der Waals surface area contributed by atoms with Crippen molar-refractivity contribution in [3.63, 3.8) is 0 Å². The predicted octanol–water partition coefficient (Wildman–Crippen LogP) is 1.99. The summed E-state index contributed by atoms with van der Waals surface area (Å²) in [4.78, 5) is 3.99. The molecule has 1 heterocycles. The molecule has 1 atom stereocenters. The van der Waals surface area contributed by atoms with E-state index in [1.807, 2.05) is 35.9 Å². The monoisotopic (exact) mass is 261 g/mol. The van der Waals surface area contributed by atoms with Crippen LogP contribution in [0.5, 0.6) is 11.5 Å². The molecule has 2 aromatic rings. The first-order valence-corrected chi connectivity index (χ1v) is 6.22. The number of rotatable bonds is 6. The maximum Gasteiger partial charge on any atom is 0.127 e. The third-order valence-electron chi connectivity index (χ3n) is 2.88. The number of imidazole rings is 1. The molecule has 0 unspecified atom stereocenters. The number of hydrogen-bond donors (Lipinski definition) is 1. The molecule has 0 saturated heterocycles. The van der Waals surface area contributed by atoms with E-state index in [1.54, 1.807) is 19.6 Å². The first-order chi connectivity index (χ1) is 9.20. The molecule has 2 N–H and O–H groups in total. The van der Waals surface area contributed by atoms with Crippen molar-refractivity contribution in [3.8, 4) is 11.5 Å². The largest absolute Gasteiger partial charge is 0.497 e. The van der Waals surface area contributed by atoms with Crippen molar-refractivity contribution in [1.82, 2.24) is 9.55 Å². The lowest BCUT2D eigenvalue weighted by Crippen LogP contribution is -2.11. The van der Waals surface area contributed by atoms with Gasteiger partial charge in [0.1, 0.15) is 18.1 Å². The molecule has 0 spiro atoms. The Morgan fingerprint density at radius 2 is 2.26 bits per heavy atom. The molecule has 1 aromatic heterocycles. The second-order valence-corrected chi connectivity index (χ2v) is 4.34. The van der Waals surface area contributed by atoms with Gasteiger partial charge in [0.2, 0.25) is 0 Å². The second kappa shape index (κ2) is 6.24. The van der Waals surface area contributed by atoms with Crippen molar-refractivity contribution >= 4 is 0 Å². The van der Waals surface area contributed by atoms with Gasteiger partial charge in [0.15, 0.2) is 0 Å². The van der Waals surface area contributed by atoms with Crippen molar-refractivity contribution in [2.75, 3.05) is 13.7 Å². The molecule has 2 rings (SSSR count). The van der Waals surface area contributed by atoms with Crippen molar-refractivity contribution in [2.24, 2.45) is 5.73 Å². The lowest BCUT2D eigenvalue weighted by Gasteiger charge is -2.15. The number of benzene rings is 1. The van der Waals surface area contributed by atoms with E-state index in [0.717, 1.165) is 23.6 Å². The van der Waals surface area contributed by atoms with Crippen molar-refractivity contribution in [3.05, 3.63) is 42.5 Å². The Bertz CT molecular complexity index is 509. The SMILES string of the molecule is COc1ccc([C@@H](C)N)c(OCCn2ccnc2)c1. The molecule has 0 aliphatic carbocycles. The minimum atomic E-state index is -0.0749. The van der Waals surface area contributed by atoms with E-state index in [4.69, 9.17) is 15.2 Å². The van der Waals surface area contributed by atoms with Gasteiger partial charge in [-0.15, -0.1) is 0 Å². The molecule has 0 aliphatic rings. The van der Waals surface area contributed by atoms with Crippen LogP contribution in [0.15, 0.2) is 36.9 Å². The highest BCUT2D eigenvalue weighted by Crippen LogP contribution is 2.28. The first kappa shape index (κ1) is 13.4. The van der Waals surface area contributed by atoms with Gasteiger partial charge < -0.3 is 19.8 Å². The fourth-order valence-corrected chi connectivity index (χ4v) is 1.82. The summed E-state index contributed by atoms with van der Waals surface area (Å²) in [6, 6.07) is 5.62.